The second kappa shape index (κ2) is 9.00. The predicted octanol–water partition coefficient (Wildman–Crippen LogP) is 4.98. The molecule has 1 aliphatic rings. The second-order valence-electron chi connectivity index (χ2n) is 5.58. The highest BCUT2D eigenvalue weighted by atomic mass is 35.5. The first-order valence-electron chi connectivity index (χ1n) is 7.95. The van der Waals surface area contributed by atoms with Gasteiger partial charge in [0, 0.05) is 16.1 Å². The second-order valence-corrected chi connectivity index (χ2v) is 7.87. The van der Waals surface area contributed by atoms with Gasteiger partial charge in [-0.2, -0.15) is 4.99 Å². The molecular formula is C19H11Cl3N2O4S. The summed E-state index contributed by atoms with van der Waals surface area (Å²) in [6, 6.07) is 10.8. The van der Waals surface area contributed by atoms with Crippen molar-refractivity contribution in [2.24, 2.45) is 4.99 Å². The van der Waals surface area contributed by atoms with Crippen LogP contribution in [0.15, 0.2) is 58.4 Å². The van der Waals surface area contributed by atoms with Gasteiger partial charge in [-0.1, -0.05) is 40.9 Å². The molecule has 1 saturated heterocycles. The number of hydrogen-bond donors (Lipinski definition) is 0. The van der Waals surface area contributed by atoms with E-state index < -0.39 is 17.8 Å². The average Bonchev–Trinajstić information content (AvgIpc) is 2.96. The number of esters is 1. The number of nitrogens with zero attached hydrogens (tertiary/aromatic N) is 2. The zero-order valence-electron chi connectivity index (χ0n) is 14.7. The molecular weight excluding hydrogens is 459 g/mol. The van der Waals surface area contributed by atoms with E-state index in [4.69, 9.17) is 34.8 Å². The van der Waals surface area contributed by atoms with Crippen molar-refractivity contribution in [1.82, 2.24) is 0 Å². The molecule has 148 valence electrons. The number of methoxy groups -OCH3 is 1. The number of rotatable bonds is 3. The largest absolute Gasteiger partial charge is 0.466 e. The molecule has 0 radical (unpaired) electrons. The monoisotopic (exact) mass is 468 g/mol. The maximum atomic E-state index is 12.9. The highest BCUT2D eigenvalue weighted by molar-refractivity contribution is 8.19. The third-order valence-electron chi connectivity index (χ3n) is 3.68. The van der Waals surface area contributed by atoms with Gasteiger partial charge >= 0.3 is 5.97 Å². The molecule has 0 aromatic heterocycles. The zero-order chi connectivity index (χ0) is 21.1. The number of carbonyl (C=O) groups is 3. The van der Waals surface area contributed by atoms with Crippen LogP contribution in [0.2, 0.25) is 15.1 Å². The van der Waals surface area contributed by atoms with Crippen LogP contribution in [0.1, 0.15) is 10.4 Å². The lowest BCUT2D eigenvalue weighted by Gasteiger charge is -2.15. The summed E-state index contributed by atoms with van der Waals surface area (Å²) in [6.07, 6.45) is 1.03. The van der Waals surface area contributed by atoms with Crippen molar-refractivity contribution < 1.29 is 19.1 Å². The van der Waals surface area contributed by atoms with Gasteiger partial charge in [-0.05, 0) is 48.2 Å². The van der Waals surface area contributed by atoms with E-state index in [1.54, 1.807) is 18.2 Å². The minimum atomic E-state index is -0.708. The number of halogens is 3. The lowest BCUT2D eigenvalue weighted by atomic mass is 10.2. The Morgan fingerprint density at radius 3 is 2.48 bits per heavy atom. The van der Waals surface area contributed by atoms with Crippen LogP contribution in [-0.2, 0) is 14.3 Å². The Hall–Kier alpha value is -2.32. The van der Waals surface area contributed by atoms with Gasteiger partial charge < -0.3 is 4.74 Å². The van der Waals surface area contributed by atoms with Crippen molar-refractivity contribution in [1.29, 1.82) is 0 Å². The van der Waals surface area contributed by atoms with Crippen molar-refractivity contribution in [2.45, 2.75) is 0 Å². The van der Waals surface area contributed by atoms with Crippen LogP contribution in [-0.4, -0.2) is 30.1 Å². The molecule has 0 unspecified atom stereocenters. The van der Waals surface area contributed by atoms with Gasteiger partial charge in [0.15, 0.2) is 5.17 Å². The van der Waals surface area contributed by atoms with E-state index in [0.29, 0.717) is 15.7 Å². The summed E-state index contributed by atoms with van der Waals surface area (Å²) in [6.45, 7) is 0. The number of aliphatic imine (C=N–C) groups is 1. The maximum Gasteiger partial charge on any atom is 0.331 e. The standard InChI is InChI=1S/C19H11Cl3N2O4S/c1-28-16(25)9-15-18(27)24(12-4-2-3-10(20)7-12)19(29-15)23-17(26)13-6-5-11(21)8-14(13)22/h2-9H,1H3. The van der Waals surface area contributed by atoms with Crippen molar-refractivity contribution >= 4 is 75.2 Å². The van der Waals surface area contributed by atoms with Gasteiger partial charge in [0.25, 0.3) is 11.8 Å². The topological polar surface area (TPSA) is 76.0 Å². The van der Waals surface area contributed by atoms with Crippen LogP contribution in [0.4, 0.5) is 5.69 Å². The number of amidine groups is 1. The van der Waals surface area contributed by atoms with Crippen molar-refractivity contribution in [3.63, 3.8) is 0 Å². The van der Waals surface area contributed by atoms with E-state index in [2.05, 4.69) is 9.73 Å². The lowest BCUT2D eigenvalue weighted by molar-refractivity contribution is -0.135. The molecule has 2 aromatic carbocycles. The molecule has 0 atom stereocenters. The first-order valence-corrected chi connectivity index (χ1v) is 9.91. The smallest absolute Gasteiger partial charge is 0.331 e. The third kappa shape index (κ3) is 4.82. The molecule has 1 fully saturated rings. The molecule has 0 saturated carbocycles. The minimum absolute atomic E-state index is 0.0448. The van der Waals surface area contributed by atoms with Crippen LogP contribution in [0.25, 0.3) is 0 Å². The van der Waals surface area contributed by atoms with Crippen LogP contribution in [0.5, 0.6) is 0 Å². The predicted molar refractivity (Wildman–Crippen MR) is 115 cm³/mol. The Bertz CT molecular complexity index is 1080. The number of anilines is 1. The van der Waals surface area contributed by atoms with E-state index in [-0.39, 0.29) is 20.7 Å². The summed E-state index contributed by atoms with van der Waals surface area (Å²) in [5.41, 5.74) is 0.505. The first-order chi connectivity index (χ1) is 13.8. The summed E-state index contributed by atoms with van der Waals surface area (Å²) >= 11 is 18.8. The Labute approximate surface area is 185 Å². The molecule has 3 rings (SSSR count). The van der Waals surface area contributed by atoms with Gasteiger partial charge in [-0.15, -0.1) is 0 Å². The van der Waals surface area contributed by atoms with Crippen LogP contribution in [0, 0.1) is 0 Å². The number of amides is 2. The Morgan fingerprint density at radius 1 is 1.10 bits per heavy atom. The molecule has 2 amide bonds. The molecule has 1 heterocycles. The van der Waals surface area contributed by atoms with E-state index >= 15 is 0 Å². The van der Waals surface area contributed by atoms with Crippen LogP contribution < -0.4 is 4.90 Å². The summed E-state index contributed by atoms with van der Waals surface area (Å²) in [4.78, 5) is 42.4. The van der Waals surface area contributed by atoms with E-state index in [0.717, 1.165) is 17.8 Å². The molecule has 6 nitrogen and oxygen atoms in total. The van der Waals surface area contributed by atoms with Crippen molar-refractivity contribution in [3.05, 3.63) is 74.1 Å². The van der Waals surface area contributed by atoms with Crippen molar-refractivity contribution in [3.8, 4) is 0 Å². The summed E-state index contributed by atoms with van der Waals surface area (Å²) in [5, 5.41) is 0.926. The van der Waals surface area contributed by atoms with Crippen LogP contribution >= 0.6 is 46.6 Å². The zero-order valence-corrected chi connectivity index (χ0v) is 17.8. The maximum absolute atomic E-state index is 12.9. The van der Waals surface area contributed by atoms with E-state index in [1.807, 2.05) is 0 Å². The number of hydrogen-bond acceptors (Lipinski definition) is 5. The Balaban J connectivity index is 2.06. The lowest BCUT2D eigenvalue weighted by Crippen LogP contribution is -2.29. The molecule has 2 aromatic rings. The fourth-order valence-electron chi connectivity index (χ4n) is 2.37. The summed E-state index contributed by atoms with van der Waals surface area (Å²) < 4.78 is 4.58. The van der Waals surface area contributed by atoms with Gasteiger partial charge in [0.2, 0.25) is 0 Å². The number of thioether (sulfide) groups is 1. The fourth-order valence-corrected chi connectivity index (χ4v) is 3.98. The molecule has 0 aliphatic carbocycles. The minimum Gasteiger partial charge on any atom is -0.466 e. The highest BCUT2D eigenvalue weighted by Crippen LogP contribution is 2.36. The van der Waals surface area contributed by atoms with Gasteiger partial charge in [0.05, 0.1) is 28.3 Å². The third-order valence-corrected chi connectivity index (χ3v) is 5.43. The molecule has 10 heteroatoms. The van der Waals surface area contributed by atoms with Gasteiger partial charge in [-0.25, -0.2) is 4.79 Å². The van der Waals surface area contributed by atoms with E-state index in [1.165, 1.54) is 36.3 Å². The van der Waals surface area contributed by atoms with Gasteiger partial charge in [0.1, 0.15) is 0 Å². The molecule has 0 spiro atoms. The van der Waals surface area contributed by atoms with Crippen molar-refractivity contribution in [2.75, 3.05) is 12.0 Å². The number of benzene rings is 2. The highest BCUT2D eigenvalue weighted by Gasteiger charge is 2.36. The molecule has 0 N–H and O–H groups in total. The molecule has 29 heavy (non-hydrogen) atoms. The van der Waals surface area contributed by atoms with Gasteiger partial charge in [-0.3, -0.25) is 14.5 Å². The molecule has 0 bridgehead atoms. The van der Waals surface area contributed by atoms with E-state index in [9.17, 15) is 14.4 Å². The number of carbonyl (C=O) groups excluding carboxylic acids is 3. The summed E-state index contributed by atoms with van der Waals surface area (Å²) in [7, 11) is 1.19. The SMILES string of the molecule is COC(=O)C=C1SC(=NC(=O)c2ccc(Cl)cc2Cl)N(c2cccc(Cl)c2)C1=O. The first kappa shape index (κ1) is 21.4. The Kier molecular flexibility index (Phi) is 6.64. The fraction of sp³-hybridized carbons (Fsp3) is 0.0526. The normalized spacial score (nSPS) is 16.6. The number of ether oxygens (including phenoxy) is 1. The average molecular weight is 470 g/mol. The van der Waals surface area contributed by atoms with Crippen LogP contribution in [0.3, 0.4) is 0 Å². The molecule has 1 aliphatic heterocycles. The Morgan fingerprint density at radius 2 is 1.83 bits per heavy atom. The quantitative estimate of drug-likeness (QED) is 0.468. The summed E-state index contributed by atoms with van der Waals surface area (Å²) in [5.74, 6) is -1.93.